The minimum atomic E-state index is -0.402. The highest BCUT2D eigenvalue weighted by molar-refractivity contribution is 5.91. The van der Waals surface area contributed by atoms with E-state index in [4.69, 9.17) is 14.9 Å². The lowest BCUT2D eigenvalue weighted by Gasteiger charge is -2.30. The van der Waals surface area contributed by atoms with E-state index >= 15 is 0 Å². The van der Waals surface area contributed by atoms with Crippen LogP contribution in [0.15, 0.2) is 59.2 Å². The van der Waals surface area contributed by atoms with E-state index < -0.39 is 6.04 Å². The molecular formula is C32H45N3O3. The largest absolute Gasteiger partial charge is 0.493 e. The van der Waals surface area contributed by atoms with Gasteiger partial charge in [0.05, 0.1) is 12.6 Å². The van der Waals surface area contributed by atoms with Crippen molar-refractivity contribution in [1.29, 1.82) is 0 Å². The van der Waals surface area contributed by atoms with E-state index in [0.29, 0.717) is 25.5 Å². The summed E-state index contributed by atoms with van der Waals surface area (Å²) in [6.45, 7) is 14.7. The molecule has 0 saturated carbocycles. The van der Waals surface area contributed by atoms with Gasteiger partial charge in [-0.2, -0.15) is 0 Å². The van der Waals surface area contributed by atoms with Gasteiger partial charge in [-0.05, 0) is 60.1 Å². The van der Waals surface area contributed by atoms with Gasteiger partial charge in [-0.1, -0.05) is 84.0 Å². The summed E-state index contributed by atoms with van der Waals surface area (Å²) < 4.78 is 11.7. The summed E-state index contributed by atoms with van der Waals surface area (Å²) in [6, 6.07) is 16.2. The summed E-state index contributed by atoms with van der Waals surface area (Å²) in [5, 5.41) is 2.92. The first-order chi connectivity index (χ1) is 18.1. The molecule has 2 aromatic carbocycles. The Morgan fingerprint density at radius 3 is 2.42 bits per heavy atom. The molecule has 0 aliphatic rings. The van der Waals surface area contributed by atoms with Crippen molar-refractivity contribution in [2.45, 2.75) is 90.5 Å². The highest BCUT2D eigenvalue weighted by atomic mass is 16.5. The van der Waals surface area contributed by atoms with Crippen LogP contribution in [0.3, 0.4) is 0 Å². The number of hydrogen-bond donors (Lipinski definition) is 2. The molecule has 0 saturated heterocycles. The summed E-state index contributed by atoms with van der Waals surface area (Å²) in [5.74, 6) is 1.07. The Kier molecular flexibility index (Phi) is 10.1. The van der Waals surface area contributed by atoms with Gasteiger partial charge in [-0.15, -0.1) is 0 Å². The quantitative estimate of drug-likeness (QED) is 0.227. The lowest BCUT2D eigenvalue weighted by Crippen LogP contribution is -2.25. The molecule has 0 aliphatic heterocycles. The van der Waals surface area contributed by atoms with Crippen molar-refractivity contribution in [2.24, 2.45) is 5.73 Å². The second-order valence-electron chi connectivity index (χ2n) is 11.4. The molecule has 1 unspecified atom stereocenters. The van der Waals surface area contributed by atoms with Gasteiger partial charge >= 0.3 is 0 Å². The third-order valence-corrected chi connectivity index (χ3v) is 7.74. The predicted molar refractivity (Wildman–Crippen MR) is 154 cm³/mol. The molecule has 0 radical (unpaired) electrons. The monoisotopic (exact) mass is 519 g/mol. The maximum atomic E-state index is 12.5. The van der Waals surface area contributed by atoms with E-state index in [2.05, 4.69) is 70.0 Å². The number of nitrogens with zero attached hydrogens (tertiary/aromatic N) is 1. The van der Waals surface area contributed by atoms with Crippen molar-refractivity contribution in [1.82, 2.24) is 10.3 Å². The van der Waals surface area contributed by atoms with Crippen molar-refractivity contribution >= 4 is 5.91 Å². The Morgan fingerprint density at radius 2 is 1.74 bits per heavy atom. The Bertz CT molecular complexity index is 1170. The molecule has 0 fully saturated rings. The van der Waals surface area contributed by atoms with Crippen molar-refractivity contribution < 1.29 is 13.9 Å². The molecule has 3 aromatic rings. The van der Waals surface area contributed by atoms with Gasteiger partial charge in [0.1, 0.15) is 12.0 Å². The predicted octanol–water partition coefficient (Wildman–Crippen LogP) is 6.88. The topological polar surface area (TPSA) is 90.4 Å². The molecule has 1 aromatic heterocycles. The summed E-state index contributed by atoms with van der Waals surface area (Å²) in [5.41, 5.74) is 10.3. The van der Waals surface area contributed by atoms with Crippen LogP contribution in [0.2, 0.25) is 0 Å². The van der Waals surface area contributed by atoms with Gasteiger partial charge in [-0.25, -0.2) is 4.98 Å². The number of unbranched alkanes of at least 4 members (excludes halogenated alkanes) is 1. The zero-order chi connectivity index (χ0) is 27.8. The van der Waals surface area contributed by atoms with Crippen LogP contribution < -0.4 is 15.8 Å². The second-order valence-corrected chi connectivity index (χ2v) is 11.4. The van der Waals surface area contributed by atoms with Gasteiger partial charge in [0.15, 0.2) is 5.69 Å². The van der Waals surface area contributed by atoms with E-state index in [1.54, 1.807) is 0 Å². The number of rotatable bonds is 14. The molecule has 38 heavy (non-hydrogen) atoms. The normalized spacial score (nSPS) is 12.8. The number of nitrogens with one attached hydrogen (secondary N) is 1. The Labute approximate surface area is 228 Å². The van der Waals surface area contributed by atoms with Gasteiger partial charge in [0.25, 0.3) is 5.91 Å². The van der Waals surface area contributed by atoms with E-state index in [-0.39, 0.29) is 22.4 Å². The number of benzene rings is 2. The number of aromatic nitrogens is 1. The summed E-state index contributed by atoms with van der Waals surface area (Å²) in [6.07, 6.45) is 5.73. The third kappa shape index (κ3) is 7.70. The van der Waals surface area contributed by atoms with Crippen molar-refractivity contribution in [3.63, 3.8) is 0 Å². The average Bonchev–Trinajstić information content (AvgIpc) is 3.42. The molecule has 0 aliphatic carbocycles. The summed E-state index contributed by atoms with van der Waals surface area (Å²) in [4.78, 5) is 16.8. The third-order valence-electron chi connectivity index (χ3n) is 7.74. The van der Waals surface area contributed by atoms with Gasteiger partial charge in [0, 0.05) is 12.1 Å². The van der Waals surface area contributed by atoms with E-state index in [1.807, 2.05) is 30.3 Å². The lowest BCUT2D eigenvalue weighted by atomic mass is 9.76. The molecule has 206 valence electrons. The van der Waals surface area contributed by atoms with Crippen LogP contribution in [0.4, 0.5) is 0 Å². The number of nitrogens with two attached hydrogens (primary N) is 1. The first-order valence-electron chi connectivity index (χ1n) is 13.9. The second kappa shape index (κ2) is 13.1. The van der Waals surface area contributed by atoms with Crippen LogP contribution >= 0.6 is 0 Å². The average molecular weight is 520 g/mol. The summed E-state index contributed by atoms with van der Waals surface area (Å²) >= 11 is 0. The Morgan fingerprint density at radius 1 is 1.03 bits per heavy atom. The minimum Gasteiger partial charge on any atom is -0.493 e. The Hall–Kier alpha value is -3.12. The molecule has 0 bridgehead atoms. The number of ether oxygens (including phenoxy) is 1. The zero-order valence-corrected chi connectivity index (χ0v) is 24.0. The molecule has 1 amide bonds. The van der Waals surface area contributed by atoms with Gasteiger partial charge in [0.2, 0.25) is 5.89 Å². The maximum absolute atomic E-state index is 12.5. The number of oxazole rings is 1. The van der Waals surface area contributed by atoms with E-state index in [9.17, 15) is 4.79 Å². The lowest BCUT2D eigenvalue weighted by molar-refractivity contribution is 0.0947. The first kappa shape index (κ1) is 29.4. The number of hydrogen-bond acceptors (Lipinski definition) is 5. The molecule has 3 rings (SSSR count). The van der Waals surface area contributed by atoms with Crippen molar-refractivity contribution in [3.8, 4) is 5.75 Å². The minimum absolute atomic E-state index is 0.0310. The SMILES string of the molecule is CCC(C)(C)c1ccc(OCCCCNC(=O)c2coc(C(N)Cc3ccccc3)n2)c(C(C)(C)CC)c1. The summed E-state index contributed by atoms with van der Waals surface area (Å²) in [7, 11) is 0. The van der Waals surface area contributed by atoms with Crippen LogP contribution in [0, 0.1) is 0 Å². The molecular weight excluding hydrogens is 474 g/mol. The van der Waals surface area contributed by atoms with Crippen LogP contribution in [0.5, 0.6) is 5.75 Å². The van der Waals surface area contributed by atoms with Crippen LogP contribution in [-0.2, 0) is 17.3 Å². The van der Waals surface area contributed by atoms with E-state index in [1.165, 1.54) is 17.4 Å². The van der Waals surface area contributed by atoms with Crippen LogP contribution in [0.25, 0.3) is 0 Å². The highest BCUT2D eigenvalue weighted by Crippen LogP contribution is 2.38. The van der Waals surface area contributed by atoms with Gasteiger partial charge in [-0.3, -0.25) is 4.79 Å². The molecule has 1 atom stereocenters. The van der Waals surface area contributed by atoms with E-state index in [0.717, 1.165) is 37.0 Å². The molecule has 0 spiro atoms. The van der Waals surface area contributed by atoms with Crippen molar-refractivity contribution in [2.75, 3.05) is 13.2 Å². The van der Waals surface area contributed by atoms with Crippen LogP contribution in [0.1, 0.15) is 106 Å². The standard InChI is InChI=1S/C32H45N3O3/c1-7-31(3,4)24-16-17-28(25(21-24)32(5,6)8-2)37-19-13-12-18-34-29(36)27-22-38-30(35-27)26(33)20-23-14-10-9-11-15-23/h9-11,14-17,21-22,26H,7-8,12-13,18-20,33H2,1-6H3,(H,34,36). The van der Waals surface area contributed by atoms with Gasteiger partial charge < -0.3 is 20.2 Å². The fraction of sp³-hybridized carbons (Fsp3) is 0.500. The zero-order valence-electron chi connectivity index (χ0n) is 24.0. The fourth-order valence-electron chi connectivity index (χ4n) is 4.22. The Balaban J connectivity index is 1.47. The fourth-order valence-corrected chi connectivity index (χ4v) is 4.22. The number of carbonyl (C=O) groups excluding carboxylic acids is 1. The highest BCUT2D eigenvalue weighted by Gasteiger charge is 2.26. The maximum Gasteiger partial charge on any atom is 0.273 e. The van der Waals surface area contributed by atoms with Crippen molar-refractivity contribution in [3.05, 3.63) is 83.1 Å². The molecule has 3 N–H and O–H groups in total. The molecule has 6 heteroatoms. The number of amides is 1. The first-order valence-corrected chi connectivity index (χ1v) is 13.9. The smallest absolute Gasteiger partial charge is 0.273 e. The number of carbonyl (C=O) groups is 1. The van der Waals surface area contributed by atoms with Crippen LogP contribution in [-0.4, -0.2) is 24.0 Å². The molecule has 6 nitrogen and oxygen atoms in total. The molecule has 1 heterocycles.